The van der Waals surface area contributed by atoms with Gasteiger partial charge in [-0.3, -0.25) is 0 Å². The molecule has 0 radical (unpaired) electrons. The molecule has 0 spiro atoms. The molecule has 0 aliphatic carbocycles. The highest BCUT2D eigenvalue weighted by Gasteiger charge is 2.25. The van der Waals surface area contributed by atoms with E-state index in [1.807, 2.05) is 54.6 Å². The molecule has 2 atom stereocenters. The van der Waals surface area contributed by atoms with Crippen molar-refractivity contribution in [1.29, 1.82) is 0 Å². The number of hydrogen-bond donors (Lipinski definition) is 1. The monoisotopic (exact) mass is 271 g/mol. The second-order valence-corrected chi connectivity index (χ2v) is 5.10. The lowest BCUT2D eigenvalue weighted by Crippen LogP contribution is -2.36. The van der Waals surface area contributed by atoms with E-state index in [4.69, 9.17) is 4.74 Å². The third-order valence-corrected chi connectivity index (χ3v) is 3.70. The third kappa shape index (κ3) is 2.99. The van der Waals surface area contributed by atoms with E-state index >= 15 is 0 Å². The van der Waals surface area contributed by atoms with Gasteiger partial charge in [-0.2, -0.15) is 0 Å². The number of hydrogen-bond acceptors (Lipinski definition) is 2. The van der Waals surface area contributed by atoms with Crippen LogP contribution >= 0.6 is 0 Å². The van der Waals surface area contributed by atoms with Crippen molar-refractivity contribution in [3.63, 3.8) is 0 Å². The average Bonchev–Trinajstić information content (AvgIpc) is 2.50. The Balaban J connectivity index is 1.71. The molecule has 2 nitrogen and oxygen atoms in total. The quantitative estimate of drug-likeness (QED) is 0.914. The summed E-state index contributed by atoms with van der Waals surface area (Å²) in [5.74, 6) is 1.59. The fourth-order valence-electron chi connectivity index (χ4n) is 2.60. The molecule has 3 heteroatoms. The molecule has 20 heavy (non-hydrogen) atoms. The average molecular weight is 271 g/mol. The van der Waals surface area contributed by atoms with Gasteiger partial charge in [0.15, 0.2) is 0 Å². The highest BCUT2D eigenvalue weighted by Crippen LogP contribution is 2.30. The highest BCUT2D eigenvalue weighted by molar-refractivity contribution is 5.34. The lowest BCUT2D eigenvalue weighted by atomic mass is 9.89. The van der Waals surface area contributed by atoms with Gasteiger partial charge < -0.3 is 10.1 Å². The molecule has 1 N–H and O–H groups in total. The lowest BCUT2D eigenvalue weighted by Gasteiger charge is -2.27. The van der Waals surface area contributed by atoms with Gasteiger partial charge in [0.2, 0.25) is 0 Å². The van der Waals surface area contributed by atoms with Gasteiger partial charge in [0.1, 0.15) is 17.7 Å². The van der Waals surface area contributed by atoms with E-state index in [1.165, 1.54) is 0 Å². The van der Waals surface area contributed by atoms with Crippen LogP contribution in [0.3, 0.4) is 0 Å². The maximum Gasteiger partial charge on any atom is 0.127 e. The fourth-order valence-corrected chi connectivity index (χ4v) is 2.60. The van der Waals surface area contributed by atoms with Crippen molar-refractivity contribution < 1.29 is 9.13 Å². The Morgan fingerprint density at radius 3 is 2.35 bits per heavy atom. The number of piperidine rings is 1. The van der Waals surface area contributed by atoms with Crippen LogP contribution in [0, 0.1) is 0 Å². The molecule has 1 saturated heterocycles. The smallest absolute Gasteiger partial charge is 0.127 e. The largest absolute Gasteiger partial charge is 0.457 e. The minimum absolute atomic E-state index is 0.00188. The highest BCUT2D eigenvalue weighted by atomic mass is 19.1. The summed E-state index contributed by atoms with van der Waals surface area (Å²) < 4.78 is 19.6. The molecule has 0 amide bonds. The van der Waals surface area contributed by atoms with E-state index < -0.39 is 6.17 Å². The van der Waals surface area contributed by atoms with Crippen LogP contribution in [0.4, 0.5) is 4.39 Å². The Bertz CT molecular complexity index is 541. The van der Waals surface area contributed by atoms with E-state index in [-0.39, 0.29) is 5.92 Å². The van der Waals surface area contributed by atoms with Crippen molar-refractivity contribution in [1.82, 2.24) is 5.32 Å². The van der Waals surface area contributed by atoms with Gasteiger partial charge in [-0.1, -0.05) is 30.3 Å². The SMILES string of the molecule is F[C@@H]1CNCC[C@H]1c1ccc(Oc2ccccc2)cc1. The number of nitrogens with one attached hydrogen (secondary N) is 1. The van der Waals surface area contributed by atoms with Crippen molar-refractivity contribution in [2.45, 2.75) is 18.5 Å². The van der Waals surface area contributed by atoms with Crippen LogP contribution in [0.1, 0.15) is 17.9 Å². The van der Waals surface area contributed by atoms with Crippen molar-refractivity contribution in [3.05, 3.63) is 60.2 Å². The second-order valence-electron chi connectivity index (χ2n) is 5.10. The zero-order valence-corrected chi connectivity index (χ0v) is 11.3. The number of para-hydroxylation sites is 1. The summed E-state index contributed by atoms with van der Waals surface area (Å²) in [6.45, 7) is 1.33. The molecule has 1 aliphatic heterocycles. The van der Waals surface area contributed by atoms with Gasteiger partial charge in [-0.05, 0) is 42.8 Å². The van der Waals surface area contributed by atoms with Gasteiger partial charge in [0.05, 0.1) is 0 Å². The Kier molecular flexibility index (Phi) is 3.97. The molecule has 1 aliphatic rings. The molecule has 1 fully saturated rings. The second kappa shape index (κ2) is 6.06. The standard InChI is InChI=1S/C17H18FNO/c18-17-12-19-11-10-16(17)13-6-8-15(9-7-13)20-14-4-2-1-3-5-14/h1-9,16-17,19H,10-12H2/t16-,17+/m0/s1. The Morgan fingerprint density at radius 2 is 1.65 bits per heavy atom. The molecule has 104 valence electrons. The van der Waals surface area contributed by atoms with Crippen molar-refractivity contribution in [3.8, 4) is 11.5 Å². The third-order valence-electron chi connectivity index (χ3n) is 3.70. The summed E-state index contributed by atoms with van der Waals surface area (Å²) in [5.41, 5.74) is 1.06. The molecular formula is C17H18FNO. The van der Waals surface area contributed by atoms with E-state index in [2.05, 4.69) is 5.32 Å². The number of ether oxygens (including phenoxy) is 1. The number of halogens is 1. The summed E-state index contributed by atoms with van der Waals surface area (Å²) >= 11 is 0. The predicted molar refractivity (Wildman–Crippen MR) is 78.1 cm³/mol. The molecule has 2 aromatic rings. The van der Waals surface area contributed by atoms with Crippen LogP contribution in [-0.2, 0) is 0 Å². The maximum absolute atomic E-state index is 13.9. The van der Waals surface area contributed by atoms with Crippen molar-refractivity contribution in [2.24, 2.45) is 0 Å². The summed E-state index contributed by atoms with van der Waals surface area (Å²) in [6, 6.07) is 17.4. The molecule has 1 heterocycles. The van der Waals surface area contributed by atoms with Crippen LogP contribution < -0.4 is 10.1 Å². The molecule has 2 aromatic carbocycles. The number of benzene rings is 2. The fraction of sp³-hybridized carbons (Fsp3) is 0.294. The first-order chi connectivity index (χ1) is 9.83. The number of alkyl halides is 1. The number of rotatable bonds is 3. The molecular weight excluding hydrogens is 253 g/mol. The van der Waals surface area contributed by atoms with Crippen LogP contribution in [0.5, 0.6) is 11.5 Å². The minimum atomic E-state index is -0.801. The first-order valence-corrected chi connectivity index (χ1v) is 7.00. The molecule has 0 aromatic heterocycles. The first kappa shape index (κ1) is 13.1. The van der Waals surface area contributed by atoms with Crippen molar-refractivity contribution >= 4 is 0 Å². The zero-order valence-electron chi connectivity index (χ0n) is 11.3. The van der Waals surface area contributed by atoms with Crippen LogP contribution in [0.15, 0.2) is 54.6 Å². The molecule has 0 unspecified atom stereocenters. The van der Waals surface area contributed by atoms with Gasteiger partial charge in [-0.25, -0.2) is 4.39 Å². The summed E-state index contributed by atoms with van der Waals surface area (Å²) in [5, 5.41) is 3.08. The van der Waals surface area contributed by atoms with E-state index in [0.29, 0.717) is 6.54 Å². The molecule has 0 saturated carbocycles. The van der Waals surface area contributed by atoms with E-state index in [9.17, 15) is 4.39 Å². The summed E-state index contributed by atoms with van der Waals surface area (Å²) in [6.07, 6.45) is 0.0460. The van der Waals surface area contributed by atoms with Crippen LogP contribution in [0.2, 0.25) is 0 Å². The molecule has 0 bridgehead atoms. The van der Waals surface area contributed by atoms with Gasteiger partial charge in [0.25, 0.3) is 0 Å². The topological polar surface area (TPSA) is 21.3 Å². The van der Waals surface area contributed by atoms with E-state index in [0.717, 1.165) is 30.0 Å². The minimum Gasteiger partial charge on any atom is -0.457 e. The van der Waals surface area contributed by atoms with Crippen molar-refractivity contribution in [2.75, 3.05) is 13.1 Å². The Morgan fingerprint density at radius 1 is 0.950 bits per heavy atom. The predicted octanol–water partition coefficient (Wildman–Crippen LogP) is 3.89. The normalized spacial score (nSPS) is 22.4. The van der Waals surface area contributed by atoms with Crippen LogP contribution in [-0.4, -0.2) is 19.3 Å². The first-order valence-electron chi connectivity index (χ1n) is 7.00. The lowest BCUT2D eigenvalue weighted by molar-refractivity contribution is 0.231. The van der Waals surface area contributed by atoms with Gasteiger partial charge in [0, 0.05) is 12.5 Å². The van der Waals surface area contributed by atoms with Crippen LogP contribution in [0.25, 0.3) is 0 Å². The molecule has 3 rings (SSSR count). The Hall–Kier alpha value is -1.87. The van der Waals surface area contributed by atoms with Gasteiger partial charge in [-0.15, -0.1) is 0 Å². The summed E-state index contributed by atoms with van der Waals surface area (Å²) in [7, 11) is 0. The van der Waals surface area contributed by atoms with Gasteiger partial charge >= 0.3 is 0 Å². The maximum atomic E-state index is 13.9. The summed E-state index contributed by atoms with van der Waals surface area (Å²) in [4.78, 5) is 0. The zero-order chi connectivity index (χ0) is 13.8. The Labute approximate surface area is 118 Å². The van der Waals surface area contributed by atoms with E-state index in [1.54, 1.807) is 0 Å².